The number of carbonyl (C=O) groups excluding carboxylic acids is 1. The summed E-state index contributed by atoms with van der Waals surface area (Å²) in [5.74, 6) is 0.504. The zero-order chi connectivity index (χ0) is 18.0. The van der Waals surface area contributed by atoms with Crippen LogP contribution in [-0.4, -0.2) is 37.6 Å². The van der Waals surface area contributed by atoms with Crippen LogP contribution in [0.5, 0.6) is 5.88 Å². The predicted molar refractivity (Wildman–Crippen MR) is 103 cm³/mol. The molecule has 0 aliphatic carbocycles. The third-order valence-corrected chi connectivity index (χ3v) is 4.45. The van der Waals surface area contributed by atoms with E-state index in [0.717, 1.165) is 33.2 Å². The van der Waals surface area contributed by atoms with Gasteiger partial charge in [-0.1, -0.05) is 15.9 Å². The number of fused-ring (bicyclic) bond motifs is 1. The summed E-state index contributed by atoms with van der Waals surface area (Å²) in [4.78, 5) is 23.6. The summed E-state index contributed by atoms with van der Waals surface area (Å²) < 4.78 is 6.32. The van der Waals surface area contributed by atoms with Gasteiger partial charge in [0, 0.05) is 30.2 Å². The van der Waals surface area contributed by atoms with Crippen molar-refractivity contribution in [3.8, 4) is 5.88 Å². The van der Waals surface area contributed by atoms with E-state index in [2.05, 4.69) is 25.9 Å². The number of benzene rings is 1. The molecule has 0 spiro atoms. The first kappa shape index (κ1) is 17.2. The van der Waals surface area contributed by atoms with Gasteiger partial charge in [-0.05, 0) is 30.3 Å². The molecule has 0 bridgehead atoms. The third-order valence-electron chi connectivity index (χ3n) is 3.96. The standard InChI is InChI=1S/C18H17BrN4O2/c1-22(11-24)16-10-21-14-7-6-12(19)9-13(14)17(16)23(2)15-5-4-8-20-18(15)25-3/h4-11H,1-3H3. The molecule has 1 amide bonds. The zero-order valence-corrected chi connectivity index (χ0v) is 15.7. The molecule has 0 unspecified atom stereocenters. The van der Waals surface area contributed by atoms with E-state index in [1.54, 1.807) is 26.6 Å². The second kappa shape index (κ2) is 7.06. The van der Waals surface area contributed by atoms with Crippen molar-refractivity contribution in [1.29, 1.82) is 0 Å². The number of nitrogens with zero attached hydrogens (tertiary/aromatic N) is 4. The van der Waals surface area contributed by atoms with E-state index in [-0.39, 0.29) is 0 Å². The number of halogens is 1. The quantitative estimate of drug-likeness (QED) is 0.610. The highest BCUT2D eigenvalue weighted by molar-refractivity contribution is 9.10. The molecule has 2 aromatic heterocycles. The summed E-state index contributed by atoms with van der Waals surface area (Å²) in [6.45, 7) is 0. The van der Waals surface area contributed by atoms with Crippen molar-refractivity contribution in [3.63, 3.8) is 0 Å². The Morgan fingerprint density at radius 3 is 2.68 bits per heavy atom. The van der Waals surface area contributed by atoms with Crippen molar-refractivity contribution in [2.75, 3.05) is 31.0 Å². The van der Waals surface area contributed by atoms with Gasteiger partial charge in [0.2, 0.25) is 12.3 Å². The highest BCUT2D eigenvalue weighted by Gasteiger charge is 2.20. The molecule has 0 saturated carbocycles. The van der Waals surface area contributed by atoms with E-state index in [1.165, 1.54) is 4.90 Å². The van der Waals surface area contributed by atoms with E-state index in [0.29, 0.717) is 11.6 Å². The molecule has 0 aliphatic rings. The maximum Gasteiger partial charge on any atom is 0.237 e. The van der Waals surface area contributed by atoms with Crippen LogP contribution in [0.3, 0.4) is 0 Å². The first-order valence-electron chi connectivity index (χ1n) is 7.56. The summed E-state index contributed by atoms with van der Waals surface area (Å²) in [6.07, 6.45) is 4.13. The summed E-state index contributed by atoms with van der Waals surface area (Å²) in [5, 5.41) is 0.911. The molecule has 0 fully saturated rings. The highest BCUT2D eigenvalue weighted by atomic mass is 79.9. The van der Waals surface area contributed by atoms with E-state index >= 15 is 0 Å². The van der Waals surface area contributed by atoms with Gasteiger partial charge in [0.15, 0.2) is 0 Å². The maximum atomic E-state index is 11.4. The van der Waals surface area contributed by atoms with Crippen molar-refractivity contribution >= 4 is 50.3 Å². The molecule has 1 aromatic carbocycles. The van der Waals surface area contributed by atoms with Crippen LogP contribution in [0, 0.1) is 0 Å². The Morgan fingerprint density at radius 2 is 1.96 bits per heavy atom. The molecule has 0 N–H and O–H groups in total. The van der Waals surface area contributed by atoms with Gasteiger partial charge in [-0.25, -0.2) is 4.98 Å². The van der Waals surface area contributed by atoms with Crippen LogP contribution in [0.2, 0.25) is 0 Å². The lowest BCUT2D eigenvalue weighted by atomic mass is 10.1. The smallest absolute Gasteiger partial charge is 0.237 e. The lowest BCUT2D eigenvalue weighted by Gasteiger charge is -2.27. The van der Waals surface area contributed by atoms with Crippen LogP contribution in [-0.2, 0) is 4.79 Å². The highest BCUT2D eigenvalue weighted by Crippen LogP contribution is 2.41. The van der Waals surface area contributed by atoms with E-state index in [9.17, 15) is 4.79 Å². The summed E-state index contributed by atoms with van der Waals surface area (Å²) >= 11 is 3.51. The summed E-state index contributed by atoms with van der Waals surface area (Å²) in [7, 11) is 5.20. The Kier molecular flexibility index (Phi) is 4.85. The number of hydrogen-bond acceptors (Lipinski definition) is 5. The number of rotatable bonds is 5. The minimum atomic E-state index is 0.504. The third kappa shape index (κ3) is 3.15. The zero-order valence-electron chi connectivity index (χ0n) is 14.1. The van der Waals surface area contributed by atoms with Gasteiger partial charge in [-0.3, -0.25) is 9.78 Å². The first-order chi connectivity index (χ1) is 12.1. The van der Waals surface area contributed by atoms with Gasteiger partial charge in [0.1, 0.15) is 5.69 Å². The van der Waals surface area contributed by atoms with Crippen LogP contribution in [0.4, 0.5) is 17.1 Å². The Balaban J connectivity index is 2.31. The monoisotopic (exact) mass is 400 g/mol. The maximum absolute atomic E-state index is 11.4. The molecule has 0 aliphatic heterocycles. The normalized spacial score (nSPS) is 10.6. The molecule has 0 radical (unpaired) electrons. The molecule has 7 heteroatoms. The number of carbonyl (C=O) groups is 1. The minimum absolute atomic E-state index is 0.504. The molecule has 25 heavy (non-hydrogen) atoms. The number of anilines is 3. The fourth-order valence-corrected chi connectivity index (χ4v) is 3.08. The minimum Gasteiger partial charge on any atom is -0.480 e. The van der Waals surface area contributed by atoms with E-state index < -0.39 is 0 Å². The molecular formula is C18H17BrN4O2. The molecular weight excluding hydrogens is 384 g/mol. The van der Waals surface area contributed by atoms with Gasteiger partial charge in [0.05, 0.1) is 30.2 Å². The molecule has 0 atom stereocenters. The van der Waals surface area contributed by atoms with Crippen LogP contribution in [0.1, 0.15) is 0 Å². The number of hydrogen-bond donors (Lipinski definition) is 0. The predicted octanol–water partition coefficient (Wildman–Crippen LogP) is 3.76. The van der Waals surface area contributed by atoms with Gasteiger partial charge in [-0.15, -0.1) is 0 Å². The van der Waals surface area contributed by atoms with Crippen LogP contribution in [0.25, 0.3) is 10.9 Å². The van der Waals surface area contributed by atoms with Crippen LogP contribution < -0.4 is 14.5 Å². The first-order valence-corrected chi connectivity index (χ1v) is 8.35. The lowest BCUT2D eigenvalue weighted by Crippen LogP contribution is -2.20. The number of aromatic nitrogens is 2. The van der Waals surface area contributed by atoms with E-state index in [1.807, 2.05) is 42.3 Å². The van der Waals surface area contributed by atoms with Crippen molar-refractivity contribution in [2.24, 2.45) is 0 Å². The van der Waals surface area contributed by atoms with E-state index in [4.69, 9.17) is 4.74 Å². The molecule has 3 aromatic rings. The second-order valence-electron chi connectivity index (χ2n) is 5.46. The van der Waals surface area contributed by atoms with Gasteiger partial charge in [-0.2, -0.15) is 0 Å². The molecule has 3 rings (SSSR count). The fourth-order valence-electron chi connectivity index (χ4n) is 2.72. The largest absolute Gasteiger partial charge is 0.480 e. The van der Waals surface area contributed by atoms with Crippen LogP contribution >= 0.6 is 15.9 Å². The second-order valence-corrected chi connectivity index (χ2v) is 6.38. The van der Waals surface area contributed by atoms with Gasteiger partial charge < -0.3 is 14.5 Å². The molecule has 2 heterocycles. The number of amides is 1. The number of ether oxygens (including phenoxy) is 1. The molecule has 0 saturated heterocycles. The van der Waals surface area contributed by atoms with Crippen molar-refractivity contribution in [1.82, 2.24) is 9.97 Å². The average molecular weight is 401 g/mol. The van der Waals surface area contributed by atoms with Crippen molar-refractivity contribution in [2.45, 2.75) is 0 Å². The Bertz CT molecular complexity index is 932. The SMILES string of the molecule is COc1ncccc1N(C)c1c(N(C)C=O)cnc2ccc(Br)cc12. The van der Waals surface area contributed by atoms with Crippen molar-refractivity contribution < 1.29 is 9.53 Å². The Hall–Kier alpha value is -2.67. The van der Waals surface area contributed by atoms with Gasteiger partial charge >= 0.3 is 0 Å². The lowest BCUT2D eigenvalue weighted by molar-refractivity contribution is -0.107. The average Bonchev–Trinajstić information content (AvgIpc) is 2.65. The summed E-state index contributed by atoms with van der Waals surface area (Å²) in [5.41, 5.74) is 3.15. The topological polar surface area (TPSA) is 58.6 Å². The summed E-state index contributed by atoms with van der Waals surface area (Å²) in [6, 6.07) is 9.62. The van der Waals surface area contributed by atoms with Crippen molar-refractivity contribution in [3.05, 3.63) is 47.2 Å². The number of pyridine rings is 2. The Morgan fingerprint density at radius 1 is 1.16 bits per heavy atom. The van der Waals surface area contributed by atoms with Crippen LogP contribution in [0.15, 0.2) is 47.2 Å². The van der Waals surface area contributed by atoms with Gasteiger partial charge in [0.25, 0.3) is 0 Å². The molecule has 6 nitrogen and oxygen atoms in total. The fraction of sp³-hybridized carbons (Fsp3) is 0.167. The Labute approximate surface area is 154 Å². The molecule has 128 valence electrons. The number of methoxy groups -OCH3 is 1.